The number of anilines is 1. The van der Waals surface area contributed by atoms with Gasteiger partial charge in [-0.1, -0.05) is 0 Å². The van der Waals surface area contributed by atoms with E-state index >= 15 is 0 Å². The van der Waals surface area contributed by atoms with Gasteiger partial charge in [-0.2, -0.15) is 18.3 Å². The molecule has 10 heteroatoms. The maximum atomic E-state index is 12.5. The van der Waals surface area contributed by atoms with Crippen molar-refractivity contribution in [2.24, 2.45) is 7.05 Å². The average Bonchev–Trinajstić information content (AvgIpc) is 2.90. The van der Waals surface area contributed by atoms with Crippen molar-refractivity contribution >= 4 is 11.7 Å². The Labute approximate surface area is 154 Å². The van der Waals surface area contributed by atoms with Crippen LogP contribution in [-0.2, 0) is 7.05 Å². The second kappa shape index (κ2) is 7.95. The molecule has 0 radical (unpaired) electrons. The number of carbonyl (C=O) groups is 1. The molecule has 1 aromatic carbocycles. The Hall–Kier alpha value is -2.62. The number of aryl methyl sites for hydroxylation is 1. The zero-order chi connectivity index (χ0) is 19.4. The van der Waals surface area contributed by atoms with Gasteiger partial charge in [-0.05, 0) is 30.7 Å². The molecule has 1 aromatic heterocycles. The number of hydrogen-bond acceptors (Lipinski definition) is 4. The summed E-state index contributed by atoms with van der Waals surface area (Å²) in [5.41, 5.74) is 1.43. The van der Waals surface area contributed by atoms with Gasteiger partial charge < -0.3 is 10.2 Å². The summed E-state index contributed by atoms with van der Waals surface area (Å²) in [6.45, 7) is 0.283. The molecule has 1 fully saturated rings. The molecule has 2 heterocycles. The molecule has 1 N–H and O–H groups in total. The van der Waals surface area contributed by atoms with Crippen LogP contribution in [-0.4, -0.2) is 69.5 Å². The number of amides is 2. The SMILES string of the molecule is Cn1cnc(-c2ccc(NC(=O)N3CCCN(CC(F)(F)F)CC3)cc2)n1. The van der Waals surface area contributed by atoms with E-state index in [1.807, 2.05) is 0 Å². The molecular weight excluding hydrogens is 361 g/mol. The third-order valence-corrected chi connectivity index (χ3v) is 4.27. The number of nitrogens with one attached hydrogen (secondary N) is 1. The molecule has 0 saturated carbocycles. The van der Waals surface area contributed by atoms with Crippen LogP contribution in [0.3, 0.4) is 0 Å². The highest BCUT2D eigenvalue weighted by Crippen LogP contribution is 2.19. The summed E-state index contributed by atoms with van der Waals surface area (Å²) < 4.78 is 39.2. The number of alkyl halides is 3. The van der Waals surface area contributed by atoms with Crippen molar-refractivity contribution in [1.82, 2.24) is 24.6 Å². The Bertz CT molecular complexity index is 774. The van der Waals surface area contributed by atoms with Crippen molar-refractivity contribution < 1.29 is 18.0 Å². The van der Waals surface area contributed by atoms with Gasteiger partial charge in [0.25, 0.3) is 0 Å². The third kappa shape index (κ3) is 5.43. The molecule has 1 aliphatic heterocycles. The Kier molecular flexibility index (Phi) is 5.64. The van der Waals surface area contributed by atoms with Crippen molar-refractivity contribution in [3.8, 4) is 11.4 Å². The van der Waals surface area contributed by atoms with Gasteiger partial charge in [-0.15, -0.1) is 0 Å². The van der Waals surface area contributed by atoms with Crippen LogP contribution in [0.4, 0.5) is 23.7 Å². The number of nitrogens with zero attached hydrogens (tertiary/aromatic N) is 5. The van der Waals surface area contributed by atoms with Crippen molar-refractivity contribution in [1.29, 1.82) is 0 Å². The number of benzene rings is 1. The zero-order valence-corrected chi connectivity index (χ0v) is 14.9. The van der Waals surface area contributed by atoms with Crippen LogP contribution in [0, 0.1) is 0 Å². The Balaban J connectivity index is 1.55. The fourth-order valence-electron chi connectivity index (χ4n) is 2.96. The standard InChI is InChI=1S/C17H21F3N6O/c1-24-12-21-15(23-24)13-3-5-14(6-4-13)22-16(27)26-8-2-7-25(9-10-26)11-17(18,19)20/h3-6,12H,2,7-11H2,1H3,(H,22,27). The van der Waals surface area contributed by atoms with E-state index in [4.69, 9.17) is 0 Å². The highest BCUT2D eigenvalue weighted by molar-refractivity contribution is 5.89. The first-order valence-electron chi connectivity index (χ1n) is 8.61. The Morgan fingerprint density at radius 1 is 1.15 bits per heavy atom. The molecule has 1 saturated heterocycles. The zero-order valence-electron chi connectivity index (χ0n) is 14.9. The number of aromatic nitrogens is 3. The number of halogens is 3. The molecule has 0 bridgehead atoms. The Morgan fingerprint density at radius 3 is 2.52 bits per heavy atom. The van der Waals surface area contributed by atoms with Crippen LogP contribution in [0.25, 0.3) is 11.4 Å². The van der Waals surface area contributed by atoms with Crippen LogP contribution in [0.1, 0.15) is 6.42 Å². The van der Waals surface area contributed by atoms with Gasteiger partial charge in [-0.3, -0.25) is 9.58 Å². The first-order valence-corrected chi connectivity index (χ1v) is 8.61. The third-order valence-electron chi connectivity index (χ3n) is 4.27. The fraction of sp³-hybridized carbons (Fsp3) is 0.471. The van der Waals surface area contributed by atoms with Crippen LogP contribution in [0.15, 0.2) is 30.6 Å². The topological polar surface area (TPSA) is 66.3 Å². The second-order valence-corrected chi connectivity index (χ2v) is 6.48. The van der Waals surface area contributed by atoms with E-state index in [1.165, 1.54) is 4.90 Å². The average molecular weight is 382 g/mol. The second-order valence-electron chi connectivity index (χ2n) is 6.48. The molecule has 3 rings (SSSR count). The Morgan fingerprint density at radius 2 is 1.89 bits per heavy atom. The normalized spacial score (nSPS) is 16.2. The molecule has 146 valence electrons. The maximum absolute atomic E-state index is 12.5. The molecular formula is C17H21F3N6O. The van der Waals surface area contributed by atoms with Gasteiger partial charge in [0.1, 0.15) is 6.33 Å². The smallest absolute Gasteiger partial charge is 0.323 e. The van der Waals surface area contributed by atoms with E-state index in [9.17, 15) is 18.0 Å². The minimum absolute atomic E-state index is 0.206. The highest BCUT2D eigenvalue weighted by Gasteiger charge is 2.31. The lowest BCUT2D eigenvalue weighted by Gasteiger charge is -2.23. The number of hydrogen-bond donors (Lipinski definition) is 1. The summed E-state index contributed by atoms with van der Waals surface area (Å²) >= 11 is 0. The van der Waals surface area contributed by atoms with Crippen LogP contribution < -0.4 is 5.32 Å². The van der Waals surface area contributed by atoms with E-state index in [-0.39, 0.29) is 19.1 Å². The molecule has 2 aromatic rings. The van der Waals surface area contributed by atoms with Gasteiger partial charge in [0.2, 0.25) is 0 Å². The van der Waals surface area contributed by atoms with E-state index in [0.29, 0.717) is 31.0 Å². The van der Waals surface area contributed by atoms with Crippen LogP contribution >= 0.6 is 0 Å². The summed E-state index contributed by atoms with van der Waals surface area (Å²) in [6, 6.07) is 6.79. The minimum Gasteiger partial charge on any atom is -0.323 e. The predicted octanol–water partition coefficient (Wildman–Crippen LogP) is 2.58. The fourth-order valence-corrected chi connectivity index (χ4v) is 2.96. The summed E-state index contributed by atoms with van der Waals surface area (Å²) in [5, 5.41) is 7.00. The van der Waals surface area contributed by atoms with Crippen LogP contribution in [0.2, 0.25) is 0 Å². The summed E-state index contributed by atoms with van der Waals surface area (Å²) in [7, 11) is 1.78. The maximum Gasteiger partial charge on any atom is 0.401 e. The molecule has 7 nitrogen and oxygen atoms in total. The van der Waals surface area contributed by atoms with Crippen molar-refractivity contribution in [2.75, 3.05) is 38.0 Å². The van der Waals surface area contributed by atoms with Gasteiger partial charge in [0, 0.05) is 44.5 Å². The van der Waals surface area contributed by atoms with Crippen molar-refractivity contribution in [3.63, 3.8) is 0 Å². The summed E-state index contributed by atoms with van der Waals surface area (Å²) in [6.07, 6.45) is -2.11. The van der Waals surface area contributed by atoms with Gasteiger partial charge in [0.05, 0.1) is 6.54 Å². The monoisotopic (exact) mass is 382 g/mol. The molecule has 27 heavy (non-hydrogen) atoms. The summed E-state index contributed by atoms with van der Waals surface area (Å²) in [5.74, 6) is 0.590. The molecule has 0 unspecified atom stereocenters. The largest absolute Gasteiger partial charge is 0.401 e. The summed E-state index contributed by atoms with van der Waals surface area (Å²) in [4.78, 5) is 19.5. The van der Waals surface area contributed by atoms with E-state index in [0.717, 1.165) is 5.56 Å². The molecule has 0 atom stereocenters. The van der Waals surface area contributed by atoms with Crippen molar-refractivity contribution in [3.05, 3.63) is 30.6 Å². The lowest BCUT2D eigenvalue weighted by Crippen LogP contribution is -2.40. The van der Waals surface area contributed by atoms with E-state index in [2.05, 4.69) is 15.4 Å². The molecule has 0 aliphatic carbocycles. The quantitative estimate of drug-likeness (QED) is 0.886. The first kappa shape index (κ1) is 19.2. The van der Waals surface area contributed by atoms with Gasteiger partial charge in [0.15, 0.2) is 5.82 Å². The first-order chi connectivity index (χ1) is 12.8. The lowest BCUT2D eigenvalue weighted by molar-refractivity contribution is -0.145. The number of rotatable bonds is 3. The number of carbonyl (C=O) groups excluding carboxylic acids is 1. The van der Waals surface area contributed by atoms with Crippen LogP contribution in [0.5, 0.6) is 0 Å². The highest BCUT2D eigenvalue weighted by atomic mass is 19.4. The molecule has 0 spiro atoms. The number of urea groups is 1. The van der Waals surface area contributed by atoms with E-state index < -0.39 is 12.7 Å². The van der Waals surface area contributed by atoms with Gasteiger partial charge >= 0.3 is 12.2 Å². The minimum atomic E-state index is -4.22. The molecule has 2 amide bonds. The van der Waals surface area contributed by atoms with E-state index in [1.54, 1.807) is 47.2 Å². The predicted molar refractivity (Wildman–Crippen MR) is 94.1 cm³/mol. The molecule has 1 aliphatic rings. The van der Waals surface area contributed by atoms with Crippen molar-refractivity contribution in [2.45, 2.75) is 12.6 Å². The lowest BCUT2D eigenvalue weighted by atomic mass is 10.2. The van der Waals surface area contributed by atoms with Gasteiger partial charge in [-0.25, -0.2) is 9.78 Å².